The molecule has 3 aromatic rings. The van der Waals surface area contributed by atoms with Gasteiger partial charge in [0, 0.05) is 24.2 Å². The van der Waals surface area contributed by atoms with E-state index in [0.29, 0.717) is 23.5 Å². The lowest BCUT2D eigenvalue weighted by Crippen LogP contribution is -2.27. The Morgan fingerprint density at radius 2 is 1.85 bits per heavy atom. The minimum atomic E-state index is -0.902. The van der Waals surface area contributed by atoms with Gasteiger partial charge in [-0.15, -0.1) is 0 Å². The smallest absolute Gasteiger partial charge is 0.159 e. The second-order valence-corrected chi connectivity index (χ2v) is 6.34. The van der Waals surface area contributed by atoms with E-state index in [9.17, 15) is 8.78 Å². The molecule has 0 fully saturated rings. The van der Waals surface area contributed by atoms with Crippen LogP contribution >= 0.6 is 0 Å². The number of anilines is 1. The lowest BCUT2D eigenvalue weighted by molar-refractivity contribution is 0.509. The van der Waals surface area contributed by atoms with Crippen LogP contribution in [0.15, 0.2) is 61.3 Å². The van der Waals surface area contributed by atoms with Gasteiger partial charge in [-0.05, 0) is 54.8 Å². The fourth-order valence-corrected chi connectivity index (χ4v) is 2.80. The van der Waals surface area contributed by atoms with Gasteiger partial charge < -0.3 is 10.6 Å². The summed E-state index contributed by atoms with van der Waals surface area (Å²) in [6.45, 7) is 8.20. The van der Waals surface area contributed by atoms with E-state index in [-0.39, 0.29) is 0 Å². The van der Waals surface area contributed by atoms with Crippen LogP contribution in [0, 0.1) is 25.5 Å². The molecule has 2 N–H and O–H groups in total. The van der Waals surface area contributed by atoms with Crippen LogP contribution in [-0.4, -0.2) is 9.97 Å². The lowest BCUT2D eigenvalue weighted by Gasteiger charge is -2.26. The number of halogens is 2. The average Bonchev–Trinajstić information content (AvgIpc) is 2.64. The zero-order chi connectivity index (χ0) is 19.6. The summed E-state index contributed by atoms with van der Waals surface area (Å²) < 4.78 is 26.9. The first-order chi connectivity index (χ1) is 12.9. The van der Waals surface area contributed by atoms with Crippen molar-refractivity contribution in [2.45, 2.75) is 20.4 Å². The third-order valence-corrected chi connectivity index (χ3v) is 4.43. The molecule has 0 aliphatic carbocycles. The first kappa shape index (κ1) is 18.5. The molecular weight excluding hydrogens is 346 g/mol. The Bertz CT molecular complexity index is 1000. The molecule has 138 valence electrons. The number of aromatic nitrogens is 2. The van der Waals surface area contributed by atoms with Gasteiger partial charge in [0.2, 0.25) is 0 Å². The maximum Gasteiger partial charge on any atom is 0.159 e. The zero-order valence-corrected chi connectivity index (χ0v) is 15.2. The van der Waals surface area contributed by atoms with Crippen molar-refractivity contribution in [2.24, 2.45) is 5.73 Å². The highest BCUT2D eigenvalue weighted by molar-refractivity contribution is 5.69. The van der Waals surface area contributed by atoms with Crippen molar-refractivity contribution in [1.82, 2.24) is 9.97 Å². The van der Waals surface area contributed by atoms with Gasteiger partial charge >= 0.3 is 0 Å². The number of hydrogen-bond acceptors (Lipinski definition) is 4. The summed E-state index contributed by atoms with van der Waals surface area (Å²) >= 11 is 0. The quantitative estimate of drug-likeness (QED) is 0.724. The normalized spacial score (nSPS) is 10.7. The van der Waals surface area contributed by atoms with Crippen LogP contribution in [0.2, 0.25) is 0 Å². The number of nitrogens with zero attached hydrogens (tertiary/aromatic N) is 3. The SMILES string of the molecule is C=C(N)N(Cc1cnccc1C)c1cc(-c2ccc(F)c(F)c2)cnc1C. The Kier molecular flexibility index (Phi) is 5.16. The molecule has 0 saturated heterocycles. The Labute approximate surface area is 157 Å². The molecule has 0 spiro atoms. The van der Waals surface area contributed by atoms with Crippen LogP contribution in [0.5, 0.6) is 0 Å². The highest BCUT2D eigenvalue weighted by atomic mass is 19.2. The van der Waals surface area contributed by atoms with Gasteiger partial charge in [0.25, 0.3) is 0 Å². The Morgan fingerprint density at radius 3 is 2.52 bits per heavy atom. The number of pyridine rings is 2. The average molecular weight is 366 g/mol. The molecular formula is C21H20F2N4. The molecule has 4 nitrogen and oxygen atoms in total. The molecule has 0 bridgehead atoms. The Hall–Kier alpha value is -3.28. The number of aryl methyl sites for hydroxylation is 2. The van der Waals surface area contributed by atoms with Crippen LogP contribution in [0.4, 0.5) is 14.5 Å². The zero-order valence-electron chi connectivity index (χ0n) is 15.2. The molecule has 0 radical (unpaired) electrons. The minimum Gasteiger partial charge on any atom is -0.386 e. The van der Waals surface area contributed by atoms with E-state index in [4.69, 9.17) is 5.73 Å². The van der Waals surface area contributed by atoms with Crippen molar-refractivity contribution in [2.75, 3.05) is 4.90 Å². The minimum absolute atomic E-state index is 0.352. The largest absolute Gasteiger partial charge is 0.386 e. The van der Waals surface area contributed by atoms with E-state index in [1.54, 1.807) is 18.6 Å². The molecule has 2 heterocycles. The van der Waals surface area contributed by atoms with E-state index >= 15 is 0 Å². The van der Waals surface area contributed by atoms with Gasteiger partial charge in [-0.3, -0.25) is 9.97 Å². The summed E-state index contributed by atoms with van der Waals surface area (Å²) in [5.74, 6) is -1.44. The van der Waals surface area contributed by atoms with E-state index in [2.05, 4.69) is 16.5 Å². The molecule has 1 aromatic carbocycles. The molecule has 0 unspecified atom stereocenters. The maximum atomic E-state index is 13.6. The monoisotopic (exact) mass is 366 g/mol. The number of rotatable bonds is 5. The second-order valence-electron chi connectivity index (χ2n) is 6.34. The van der Waals surface area contributed by atoms with Crippen LogP contribution in [0.3, 0.4) is 0 Å². The molecule has 2 aromatic heterocycles. The number of nitrogens with two attached hydrogens (primary N) is 1. The van der Waals surface area contributed by atoms with Crippen molar-refractivity contribution >= 4 is 5.69 Å². The first-order valence-corrected chi connectivity index (χ1v) is 8.40. The molecule has 27 heavy (non-hydrogen) atoms. The molecule has 0 amide bonds. The van der Waals surface area contributed by atoms with Crippen LogP contribution < -0.4 is 10.6 Å². The van der Waals surface area contributed by atoms with Gasteiger partial charge in [-0.25, -0.2) is 8.78 Å². The highest BCUT2D eigenvalue weighted by Gasteiger charge is 2.16. The predicted molar refractivity (Wildman–Crippen MR) is 103 cm³/mol. The topological polar surface area (TPSA) is 55.0 Å². The molecule has 0 aliphatic heterocycles. The van der Waals surface area contributed by atoms with E-state index in [1.165, 1.54) is 6.07 Å². The van der Waals surface area contributed by atoms with E-state index in [1.807, 2.05) is 30.9 Å². The summed E-state index contributed by atoms with van der Waals surface area (Å²) in [6.07, 6.45) is 5.14. The van der Waals surface area contributed by atoms with Gasteiger partial charge in [-0.1, -0.05) is 12.6 Å². The predicted octanol–water partition coefficient (Wildman–Crippen LogP) is 4.48. The lowest BCUT2D eigenvalue weighted by atomic mass is 10.1. The molecule has 0 saturated carbocycles. The summed E-state index contributed by atoms with van der Waals surface area (Å²) in [4.78, 5) is 10.4. The third kappa shape index (κ3) is 3.95. The second kappa shape index (κ2) is 7.53. The van der Waals surface area contributed by atoms with Gasteiger partial charge in [0.1, 0.15) is 0 Å². The van der Waals surface area contributed by atoms with Crippen molar-refractivity contribution in [3.05, 3.63) is 89.8 Å². The maximum absolute atomic E-state index is 13.6. The van der Waals surface area contributed by atoms with E-state index in [0.717, 1.165) is 34.6 Å². The molecule has 0 atom stereocenters. The Balaban J connectivity index is 2.03. The van der Waals surface area contributed by atoms with E-state index < -0.39 is 11.6 Å². The summed E-state index contributed by atoms with van der Waals surface area (Å²) in [5, 5.41) is 0. The van der Waals surface area contributed by atoms with Crippen molar-refractivity contribution < 1.29 is 8.78 Å². The summed E-state index contributed by atoms with van der Waals surface area (Å²) in [7, 11) is 0. The number of benzene rings is 1. The first-order valence-electron chi connectivity index (χ1n) is 8.40. The Morgan fingerprint density at radius 1 is 1.07 bits per heavy atom. The van der Waals surface area contributed by atoms with Gasteiger partial charge in [0.15, 0.2) is 11.6 Å². The van der Waals surface area contributed by atoms with Crippen molar-refractivity contribution in [3.8, 4) is 11.1 Å². The van der Waals surface area contributed by atoms with Crippen LogP contribution in [0.25, 0.3) is 11.1 Å². The molecule has 3 rings (SSSR count). The molecule has 0 aliphatic rings. The van der Waals surface area contributed by atoms with Gasteiger partial charge in [0.05, 0.1) is 23.7 Å². The van der Waals surface area contributed by atoms with Gasteiger partial charge in [-0.2, -0.15) is 0 Å². The highest BCUT2D eigenvalue weighted by Crippen LogP contribution is 2.29. The van der Waals surface area contributed by atoms with Crippen molar-refractivity contribution in [3.63, 3.8) is 0 Å². The molecule has 6 heteroatoms. The summed E-state index contributed by atoms with van der Waals surface area (Å²) in [6, 6.07) is 7.54. The fraction of sp³-hybridized carbons (Fsp3) is 0.143. The summed E-state index contributed by atoms with van der Waals surface area (Å²) in [5.41, 5.74) is 10.8. The van der Waals surface area contributed by atoms with Crippen molar-refractivity contribution in [1.29, 1.82) is 0 Å². The van der Waals surface area contributed by atoms with Crippen LogP contribution in [0.1, 0.15) is 16.8 Å². The standard InChI is InChI=1S/C21H20F2N4/c1-13-6-7-25-10-18(13)12-27(15(3)24)21-9-17(11-26-14(21)2)16-4-5-19(22)20(23)8-16/h4-11H,3,12,24H2,1-2H3. The third-order valence-electron chi connectivity index (χ3n) is 4.43. The fourth-order valence-electron chi connectivity index (χ4n) is 2.80. The van der Waals surface area contributed by atoms with Crippen LogP contribution in [-0.2, 0) is 6.54 Å². The number of hydrogen-bond donors (Lipinski definition) is 1.